The zero-order valence-electron chi connectivity index (χ0n) is 11.0. The van der Waals surface area contributed by atoms with E-state index in [2.05, 4.69) is 5.32 Å². The Labute approximate surface area is 111 Å². The van der Waals surface area contributed by atoms with E-state index in [-0.39, 0.29) is 23.3 Å². The molecular formula is C13H17N3O3. The monoisotopic (exact) mass is 263 g/mol. The molecule has 0 aromatic heterocycles. The normalized spacial score (nSPS) is 11.9. The van der Waals surface area contributed by atoms with E-state index in [9.17, 15) is 15.2 Å². The molecular weight excluding hydrogens is 246 g/mol. The number of hydrogen-bond acceptors (Lipinski definition) is 5. The summed E-state index contributed by atoms with van der Waals surface area (Å²) < 4.78 is 0. The average Bonchev–Trinajstić information content (AvgIpc) is 2.37. The molecule has 0 aliphatic carbocycles. The zero-order chi connectivity index (χ0) is 14.4. The van der Waals surface area contributed by atoms with Crippen LogP contribution in [0.2, 0.25) is 0 Å². The Balaban J connectivity index is 2.66. The topological polar surface area (TPSA) is 99.2 Å². The van der Waals surface area contributed by atoms with Gasteiger partial charge in [-0.15, -0.1) is 0 Å². The molecule has 102 valence electrons. The lowest BCUT2D eigenvalue weighted by Crippen LogP contribution is -2.18. The zero-order valence-corrected chi connectivity index (χ0v) is 11.0. The number of nitro benzene ring substituents is 1. The Bertz CT molecular complexity index is 494. The first kappa shape index (κ1) is 14.9. The molecule has 0 aliphatic heterocycles. The van der Waals surface area contributed by atoms with Crippen LogP contribution in [0.5, 0.6) is 0 Å². The van der Waals surface area contributed by atoms with Crippen molar-refractivity contribution in [3.05, 3.63) is 33.9 Å². The van der Waals surface area contributed by atoms with Crippen LogP contribution in [0.4, 0.5) is 11.4 Å². The number of anilines is 1. The Morgan fingerprint density at radius 2 is 2.21 bits per heavy atom. The maximum absolute atomic E-state index is 10.7. The van der Waals surface area contributed by atoms with Crippen molar-refractivity contribution in [3.63, 3.8) is 0 Å². The van der Waals surface area contributed by atoms with E-state index in [1.807, 2.05) is 13.8 Å². The summed E-state index contributed by atoms with van der Waals surface area (Å²) in [7, 11) is 0. The second-order valence-electron chi connectivity index (χ2n) is 4.63. The van der Waals surface area contributed by atoms with E-state index in [4.69, 9.17) is 5.26 Å². The molecule has 0 saturated carbocycles. The number of hydrogen-bond donors (Lipinski definition) is 2. The van der Waals surface area contributed by atoms with Crippen molar-refractivity contribution < 1.29 is 10.0 Å². The maximum atomic E-state index is 10.7. The molecule has 0 heterocycles. The van der Waals surface area contributed by atoms with Gasteiger partial charge in [0.1, 0.15) is 11.6 Å². The van der Waals surface area contributed by atoms with Crippen LogP contribution in [-0.4, -0.2) is 22.7 Å². The van der Waals surface area contributed by atoms with Crippen LogP contribution in [-0.2, 0) is 0 Å². The molecule has 6 nitrogen and oxygen atoms in total. The van der Waals surface area contributed by atoms with Gasteiger partial charge in [0.25, 0.3) is 5.69 Å². The fourth-order valence-corrected chi connectivity index (χ4v) is 1.59. The molecule has 0 radical (unpaired) electrons. The summed E-state index contributed by atoms with van der Waals surface area (Å²) in [5, 5.41) is 32.2. The number of nitrogens with one attached hydrogen (secondary N) is 1. The number of aliphatic hydroxyl groups is 1. The van der Waals surface area contributed by atoms with Gasteiger partial charge in [0, 0.05) is 18.3 Å². The number of nitriles is 1. The molecule has 0 unspecified atom stereocenters. The van der Waals surface area contributed by atoms with Crippen LogP contribution in [0.25, 0.3) is 0 Å². The predicted octanol–water partition coefficient (Wildman–Crippen LogP) is 2.29. The van der Waals surface area contributed by atoms with Gasteiger partial charge in [-0.05, 0) is 24.5 Å². The Morgan fingerprint density at radius 1 is 1.53 bits per heavy atom. The quantitative estimate of drug-likeness (QED) is 0.606. The van der Waals surface area contributed by atoms with Crippen LogP contribution in [0.3, 0.4) is 0 Å². The van der Waals surface area contributed by atoms with E-state index in [0.717, 1.165) is 0 Å². The lowest BCUT2D eigenvalue weighted by atomic mass is 10.0. The van der Waals surface area contributed by atoms with E-state index in [0.29, 0.717) is 18.7 Å². The van der Waals surface area contributed by atoms with Gasteiger partial charge in [0.2, 0.25) is 0 Å². The van der Waals surface area contributed by atoms with E-state index in [1.165, 1.54) is 12.1 Å². The number of rotatable bonds is 6. The van der Waals surface area contributed by atoms with Crippen molar-refractivity contribution in [1.29, 1.82) is 5.26 Å². The van der Waals surface area contributed by atoms with Crippen molar-refractivity contribution in [2.45, 2.75) is 26.4 Å². The standard InChI is InChI=1S/C13H17N3O3/c1-9(2)13(17)5-6-15-11-3-4-12(16(18)19)10(7-11)8-14/h3-4,7,9,13,15,17H,5-6H2,1-2H3/t13-/m0/s1. The first-order chi connectivity index (χ1) is 8.95. The smallest absolute Gasteiger partial charge is 0.287 e. The maximum Gasteiger partial charge on any atom is 0.287 e. The summed E-state index contributed by atoms with van der Waals surface area (Å²) in [6.07, 6.45) is 0.192. The van der Waals surface area contributed by atoms with E-state index < -0.39 is 4.92 Å². The SMILES string of the molecule is CC(C)[C@@H](O)CCNc1ccc([N+](=O)[O-])c(C#N)c1. The number of nitro groups is 1. The molecule has 1 atom stereocenters. The third-order valence-corrected chi connectivity index (χ3v) is 2.85. The van der Waals surface area contributed by atoms with Gasteiger partial charge in [-0.25, -0.2) is 0 Å². The third-order valence-electron chi connectivity index (χ3n) is 2.85. The Morgan fingerprint density at radius 3 is 2.74 bits per heavy atom. The van der Waals surface area contributed by atoms with Crippen LogP contribution < -0.4 is 5.32 Å². The molecule has 19 heavy (non-hydrogen) atoms. The lowest BCUT2D eigenvalue weighted by molar-refractivity contribution is -0.385. The number of aliphatic hydroxyl groups excluding tert-OH is 1. The van der Waals surface area contributed by atoms with Gasteiger partial charge in [-0.3, -0.25) is 10.1 Å². The summed E-state index contributed by atoms with van der Waals surface area (Å²) in [5.41, 5.74) is 0.466. The summed E-state index contributed by atoms with van der Waals surface area (Å²) in [6, 6.07) is 6.11. The van der Waals surface area contributed by atoms with Gasteiger partial charge in [-0.2, -0.15) is 5.26 Å². The largest absolute Gasteiger partial charge is 0.393 e. The summed E-state index contributed by atoms with van der Waals surface area (Å²) in [5.74, 6) is 0.188. The number of nitrogens with zero attached hydrogens (tertiary/aromatic N) is 2. The van der Waals surface area contributed by atoms with Gasteiger partial charge in [-0.1, -0.05) is 13.8 Å². The molecule has 2 N–H and O–H groups in total. The van der Waals surface area contributed by atoms with E-state index >= 15 is 0 Å². The minimum absolute atomic E-state index is 0.0272. The fourth-order valence-electron chi connectivity index (χ4n) is 1.59. The molecule has 0 amide bonds. The molecule has 1 rings (SSSR count). The summed E-state index contributed by atoms with van der Waals surface area (Å²) >= 11 is 0. The van der Waals surface area contributed by atoms with Gasteiger partial charge >= 0.3 is 0 Å². The molecule has 0 bridgehead atoms. The molecule has 6 heteroatoms. The lowest BCUT2D eigenvalue weighted by Gasteiger charge is -2.15. The Kier molecular flexibility index (Phi) is 5.27. The summed E-state index contributed by atoms with van der Waals surface area (Å²) in [4.78, 5) is 10.1. The molecule has 0 spiro atoms. The molecule has 0 fully saturated rings. The van der Waals surface area contributed by atoms with Crippen molar-refractivity contribution >= 4 is 11.4 Å². The van der Waals surface area contributed by atoms with Crippen LogP contribution >= 0.6 is 0 Å². The van der Waals surface area contributed by atoms with Crippen LogP contribution in [0.1, 0.15) is 25.8 Å². The highest BCUT2D eigenvalue weighted by Crippen LogP contribution is 2.21. The molecule has 1 aromatic carbocycles. The van der Waals surface area contributed by atoms with Crippen molar-refractivity contribution in [2.75, 3.05) is 11.9 Å². The minimum atomic E-state index is -0.579. The van der Waals surface area contributed by atoms with Crippen LogP contribution in [0.15, 0.2) is 18.2 Å². The second kappa shape index (κ2) is 6.71. The van der Waals surface area contributed by atoms with Gasteiger partial charge in [0.15, 0.2) is 0 Å². The van der Waals surface area contributed by atoms with Crippen molar-refractivity contribution in [3.8, 4) is 6.07 Å². The first-order valence-corrected chi connectivity index (χ1v) is 6.06. The highest BCUT2D eigenvalue weighted by Gasteiger charge is 2.14. The molecule has 1 aromatic rings. The van der Waals surface area contributed by atoms with Crippen LogP contribution in [0, 0.1) is 27.4 Å². The Hall–Kier alpha value is -2.13. The second-order valence-corrected chi connectivity index (χ2v) is 4.63. The molecule has 0 aliphatic rings. The van der Waals surface area contributed by atoms with E-state index in [1.54, 1.807) is 12.1 Å². The third kappa shape index (κ3) is 4.23. The van der Waals surface area contributed by atoms with Gasteiger partial charge in [0.05, 0.1) is 11.0 Å². The average molecular weight is 263 g/mol. The van der Waals surface area contributed by atoms with Crippen molar-refractivity contribution in [2.24, 2.45) is 5.92 Å². The fraction of sp³-hybridized carbons (Fsp3) is 0.462. The summed E-state index contributed by atoms with van der Waals surface area (Å²) in [6.45, 7) is 4.41. The predicted molar refractivity (Wildman–Crippen MR) is 71.8 cm³/mol. The highest BCUT2D eigenvalue weighted by molar-refractivity contribution is 5.58. The van der Waals surface area contributed by atoms with Crippen molar-refractivity contribution in [1.82, 2.24) is 0 Å². The first-order valence-electron chi connectivity index (χ1n) is 6.06. The molecule has 0 saturated heterocycles. The van der Waals surface area contributed by atoms with Gasteiger partial charge < -0.3 is 10.4 Å². The minimum Gasteiger partial charge on any atom is -0.393 e. The highest BCUT2D eigenvalue weighted by atomic mass is 16.6. The number of benzene rings is 1.